The first-order chi connectivity index (χ1) is 7.66. The van der Waals surface area contributed by atoms with E-state index in [1.807, 2.05) is 0 Å². The molecule has 0 amide bonds. The standard InChI is InChI=1S/C14H22O2/c1-10(13-3-2-4-14(13)16)5-6-11-7-8-12(15)9-11/h10-11,13H,2-9H2,1H3. The van der Waals surface area contributed by atoms with E-state index >= 15 is 0 Å². The Hall–Kier alpha value is -0.660. The van der Waals surface area contributed by atoms with Crippen LogP contribution in [0.4, 0.5) is 0 Å². The van der Waals surface area contributed by atoms with E-state index in [0.29, 0.717) is 29.3 Å². The van der Waals surface area contributed by atoms with Crippen molar-refractivity contribution in [3.8, 4) is 0 Å². The Morgan fingerprint density at radius 1 is 1.25 bits per heavy atom. The van der Waals surface area contributed by atoms with Crippen LogP contribution in [0.15, 0.2) is 0 Å². The molecular formula is C14H22O2. The van der Waals surface area contributed by atoms with Crippen LogP contribution in [-0.4, -0.2) is 11.6 Å². The van der Waals surface area contributed by atoms with E-state index in [9.17, 15) is 9.59 Å². The van der Waals surface area contributed by atoms with E-state index in [-0.39, 0.29) is 0 Å². The van der Waals surface area contributed by atoms with Crippen LogP contribution in [0.2, 0.25) is 0 Å². The minimum atomic E-state index is 0.331. The van der Waals surface area contributed by atoms with E-state index in [0.717, 1.165) is 51.4 Å². The molecule has 2 aliphatic carbocycles. The van der Waals surface area contributed by atoms with Crippen molar-refractivity contribution < 1.29 is 9.59 Å². The largest absolute Gasteiger partial charge is 0.300 e. The molecule has 2 rings (SSSR count). The lowest BCUT2D eigenvalue weighted by molar-refractivity contribution is -0.122. The molecule has 2 fully saturated rings. The maximum Gasteiger partial charge on any atom is 0.136 e. The molecule has 2 saturated carbocycles. The number of carbonyl (C=O) groups is 2. The number of hydrogen-bond donors (Lipinski definition) is 0. The SMILES string of the molecule is CC(CCC1CCC(=O)C1)C1CCCC1=O. The monoisotopic (exact) mass is 222 g/mol. The van der Waals surface area contributed by atoms with Gasteiger partial charge in [0.15, 0.2) is 0 Å². The summed E-state index contributed by atoms with van der Waals surface area (Å²) < 4.78 is 0. The van der Waals surface area contributed by atoms with Gasteiger partial charge in [-0.05, 0) is 43.9 Å². The maximum atomic E-state index is 11.6. The quantitative estimate of drug-likeness (QED) is 0.732. The Kier molecular flexibility index (Phi) is 3.78. The highest BCUT2D eigenvalue weighted by Crippen LogP contribution is 2.34. The van der Waals surface area contributed by atoms with Gasteiger partial charge in [0.1, 0.15) is 11.6 Å². The second-order valence-corrected chi connectivity index (χ2v) is 5.67. The Morgan fingerprint density at radius 2 is 2.06 bits per heavy atom. The predicted octanol–water partition coefficient (Wildman–Crippen LogP) is 3.14. The second-order valence-electron chi connectivity index (χ2n) is 5.67. The van der Waals surface area contributed by atoms with Crippen molar-refractivity contribution in [1.82, 2.24) is 0 Å². The summed E-state index contributed by atoms with van der Waals surface area (Å²) in [5.41, 5.74) is 0. The van der Waals surface area contributed by atoms with Crippen molar-refractivity contribution >= 4 is 11.6 Å². The van der Waals surface area contributed by atoms with Crippen LogP contribution >= 0.6 is 0 Å². The zero-order valence-electron chi connectivity index (χ0n) is 10.2. The molecule has 2 aliphatic rings. The van der Waals surface area contributed by atoms with Crippen LogP contribution in [-0.2, 0) is 9.59 Å². The lowest BCUT2D eigenvalue weighted by Crippen LogP contribution is -2.16. The molecule has 2 heteroatoms. The molecule has 0 aromatic heterocycles. The molecule has 2 nitrogen and oxygen atoms in total. The molecule has 0 aromatic carbocycles. The Balaban J connectivity index is 1.73. The van der Waals surface area contributed by atoms with E-state index in [2.05, 4.69) is 6.92 Å². The van der Waals surface area contributed by atoms with Crippen LogP contribution in [0.25, 0.3) is 0 Å². The molecule has 0 spiro atoms. The van der Waals surface area contributed by atoms with E-state index in [1.165, 1.54) is 0 Å². The van der Waals surface area contributed by atoms with Gasteiger partial charge in [0, 0.05) is 25.2 Å². The first-order valence-electron chi connectivity index (χ1n) is 6.71. The fourth-order valence-corrected chi connectivity index (χ4v) is 3.28. The van der Waals surface area contributed by atoms with Crippen LogP contribution in [0.5, 0.6) is 0 Å². The van der Waals surface area contributed by atoms with Crippen molar-refractivity contribution in [2.24, 2.45) is 17.8 Å². The summed E-state index contributed by atoms with van der Waals surface area (Å²) in [6.45, 7) is 2.21. The molecule has 3 atom stereocenters. The molecule has 0 radical (unpaired) electrons. The molecule has 90 valence electrons. The third-order valence-electron chi connectivity index (χ3n) is 4.42. The first-order valence-corrected chi connectivity index (χ1v) is 6.71. The Bertz CT molecular complexity index is 282. The maximum absolute atomic E-state index is 11.6. The van der Waals surface area contributed by atoms with Crippen molar-refractivity contribution in [1.29, 1.82) is 0 Å². The summed E-state index contributed by atoms with van der Waals surface area (Å²) in [7, 11) is 0. The molecule has 0 saturated heterocycles. The second kappa shape index (κ2) is 5.11. The number of Topliss-reactive ketones (excluding diaryl/α,β-unsaturated/α-hetero) is 2. The third kappa shape index (κ3) is 2.72. The Morgan fingerprint density at radius 3 is 2.62 bits per heavy atom. The van der Waals surface area contributed by atoms with Gasteiger partial charge < -0.3 is 0 Å². The zero-order valence-corrected chi connectivity index (χ0v) is 10.2. The normalized spacial score (nSPS) is 32.3. The fraction of sp³-hybridized carbons (Fsp3) is 0.857. The lowest BCUT2D eigenvalue weighted by atomic mass is 9.85. The topological polar surface area (TPSA) is 34.1 Å². The summed E-state index contributed by atoms with van der Waals surface area (Å²) >= 11 is 0. The van der Waals surface area contributed by atoms with Gasteiger partial charge in [-0.25, -0.2) is 0 Å². The van der Waals surface area contributed by atoms with Crippen molar-refractivity contribution in [2.75, 3.05) is 0 Å². The van der Waals surface area contributed by atoms with Crippen LogP contribution in [0.3, 0.4) is 0 Å². The van der Waals surface area contributed by atoms with E-state index in [1.54, 1.807) is 0 Å². The summed E-state index contributed by atoms with van der Waals surface area (Å²) in [5, 5.41) is 0. The number of rotatable bonds is 4. The highest BCUT2D eigenvalue weighted by Gasteiger charge is 2.30. The minimum absolute atomic E-state index is 0.331. The van der Waals surface area contributed by atoms with Gasteiger partial charge in [-0.15, -0.1) is 0 Å². The highest BCUT2D eigenvalue weighted by atomic mass is 16.1. The smallest absolute Gasteiger partial charge is 0.136 e. The average Bonchev–Trinajstić information content (AvgIpc) is 2.84. The third-order valence-corrected chi connectivity index (χ3v) is 4.42. The molecule has 0 heterocycles. The molecule has 0 bridgehead atoms. The number of hydrogen-bond acceptors (Lipinski definition) is 2. The van der Waals surface area contributed by atoms with Gasteiger partial charge in [0.05, 0.1) is 0 Å². The van der Waals surface area contributed by atoms with Crippen LogP contribution in [0, 0.1) is 17.8 Å². The zero-order chi connectivity index (χ0) is 11.5. The average molecular weight is 222 g/mol. The van der Waals surface area contributed by atoms with Gasteiger partial charge in [-0.1, -0.05) is 6.92 Å². The summed E-state index contributed by atoms with van der Waals surface area (Å²) in [6.07, 6.45) is 7.96. The molecule has 16 heavy (non-hydrogen) atoms. The molecule has 0 N–H and O–H groups in total. The molecule has 0 aromatic rings. The minimum Gasteiger partial charge on any atom is -0.300 e. The van der Waals surface area contributed by atoms with Gasteiger partial charge in [0.2, 0.25) is 0 Å². The van der Waals surface area contributed by atoms with Crippen molar-refractivity contribution in [3.63, 3.8) is 0 Å². The van der Waals surface area contributed by atoms with Gasteiger partial charge in [-0.3, -0.25) is 9.59 Å². The lowest BCUT2D eigenvalue weighted by Gasteiger charge is -2.19. The summed E-state index contributed by atoms with van der Waals surface area (Å²) in [4.78, 5) is 22.8. The van der Waals surface area contributed by atoms with Gasteiger partial charge in [0.25, 0.3) is 0 Å². The molecule has 0 aliphatic heterocycles. The van der Waals surface area contributed by atoms with E-state index < -0.39 is 0 Å². The predicted molar refractivity (Wildman–Crippen MR) is 63.1 cm³/mol. The highest BCUT2D eigenvalue weighted by molar-refractivity contribution is 5.83. The first kappa shape index (κ1) is 11.8. The van der Waals surface area contributed by atoms with Gasteiger partial charge >= 0.3 is 0 Å². The summed E-state index contributed by atoms with van der Waals surface area (Å²) in [5.74, 6) is 2.40. The number of ketones is 2. The fourth-order valence-electron chi connectivity index (χ4n) is 3.28. The molecular weight excluding hydrogens is 200 g/mol. The van der Waals surface area contributed by atoms with Gasteiger partial charge in [-0.2, -0.15) is 0 Å². The van der Waals surface area contributed by atoms with Crippen LogP contribution < -0.4 is 0 Å². The summed E-state index contributed by atoms with van der Waals surface area (Å²) in [6, 6.07) is 0. The van der Waals surface area contributed by atoms with Crippen LogP contribution in [0.1, 0.15) is 58.3 Å². The molecule has 3 unspecified atom stereocenters. The van der Waals surface area contributed by atoms with Crippen molar-refractivity contribution in [2.45, 2.75) is 58.3 Å². The van der Waals surface area contributed by atoms with E-state index in [4.69, 9.17) is 0 Å². The number of carbonyl (C=O) groups excluding carboxylic acids is 2. The van der Waals surface area contributed by atoms with Crippen molar-refractivity contribution in [3.05, 3.63) is 0 Å². The Labute approximate surface area is 97.8 Å².